The molecule has 1 aliphatic heterocycles. The first-order valence-electron chi connectivity index (χ1n) is 6.08. The van der Waals surface area contributed by atoms with Crippen LogP contribution in [0.25, 0.3) is 0 Å². The maximum absolute atomic E-state index is 5.65. The van der Waals surface area contributed by atoms with Crippen LogP contribution in [-0.2, 0) is 0 Å². The second-order valence-electron chi connectivity index (χ2n) is 4.68. The molecule has 0 aliphatic carbocycles. The third kappa shape index (κ3) is 3.14. The van der Waals surface area contributed by atoms with E-state index in [1.165, 1.54) is 25.9 Å². The summed E-state index contributed by atoms with van der Waals surface area (Å²) in [4.78, 5) is 2.52. The van der Waals surface area contributed by atoms with Crippen LogP contribution in [-0.4, -0.2) is 30.6 Å². The predicted octanol–water partition coefficient (Wildman–Crippen LogP) is 2.17. The largest absolute Gasteiger partial charge is 0.399 e. The SMILES string of the molecule is CC(CN1CCCC1)Nc1ccc(N)cc1. The van der Waals surface area contributed by atoms with E-state index >= 15 is 0 Å². The number of benzene rings is 1. The summed E-state index contributed by atoms with van der Waals surface area (Å²) in [6.45, 7) is 5.88. The lowest BCUT2D eigenvalue weighted by atomic mass is 10.2. The van der Waals surface area contributed by atoms with Gasteiger partial charge in [-0.25, -0.2) is 0 Å². The summed E-state index contributed by atoms with van der Waals surface area (Å²) in [5, 5.41) is 3.50. The Morgan fingerprint density at radius 3 is 2.50 bits per heavy atom. The van der Waals surface area contributed by atoms with E-state index < -0.39 is 0 Å². The van der Waals surface area contributed by atoms with Crippen LogP contribution in [0.5, 0.6) is 0 Å². The highest BCUT2D eigenvalue weighted by Crippen LogP contribution is 2.13. The van der Waals surface area contributed by atoms with Crippen LogP contribution in [0.3, 0.4) is 0 Å². The molecule has 3 nitrogen and oxygen atoms in total. The smallest absolute Gasteiger partial charge is 0.0360 e. The number of nitrogens with zero attached hydrogens (tertiary/aromatic N) is 1. The first-order valence-corrected chi connectivity index (χ1v) is 6.08. The van der Waals surface area contributed by atoms with E-state index in [4.69, 9.17) is 5.73 Å². The summed E-state index contributed by atoms with van der Waals surface area (Å²) in [6.07, 6.45) is 2.71. The fraction of sp³-hybridized carbons (Fsp3) is 0.538. The summed E-state index contributed by atoms with van der Waals surface area (Å²) in [7, 11) is 0. The van der Waals surface area contributed by atoms with E-state index in [0.717, 1.165) is 17.9 Å². The molecular weight excluding hydrogens is 198 g/mol. The van der Waals surface area contributed by atoms with Crippen molar-refractivity contribution in [3.8, 4) is 0 Å². The molecule has 16 heavy (non-hydrogen) atoms. The molecule has 0 aromatic heterocycles. The van der Waals surface area contributed by atoms with Gasteiger partial charge in [-0.3, -0.25) is 0 Å². The zero-order valence-electron chi connectivity index (χ0n) is 9.95. The first kappa shape index (κ1) is 11.3. The Morgan fingerprint density at radius 1 is 1.25 bits per heavy atom. The van der Waals surface area contributed by atoms with Crippen molar-refractivity contribution in [3.05, 3.63) is 24.3 Å². The van der Waals surface area contributed by atoms with Gasteiger partial charge in [0, 0.05) is 24.0 Å². The predicted molar refractivity (Wildman–Crippen MR) is 69.6 cm³/mol. The third-order valence-corrected chi connectivity index (χ3v) is 3.05. The molecule has 0 amide bonds. The number of nitrogens with one attached hydrogen (secondary N) is 1. The standard InChI is InChI=1S/C13H21N3/c1-11(10-16-8-2-3-9-16)15-13-6-4-12(14)5-7-13/h4-7,11,15H,2-3,8-10,14H2,1H3. The Balaban J connectivity index is 1.81. The van der Waals surface area contributed by atoms with Crippen LogP contribution in [0.2, 0.25) is 0 Å². The van der Waals surface area contributed by atoms with Crippen LogP contribution < -0.4 is 11.1 Å². The lowest BCUT2D eigenvalue weighted by molar-refractivity contribution is 0.328. The summed E-state index contributed by atoms with van der Waals surface area (Å²) >= 11 is 0. The summed E-state index contributed by atoms with van der Waals surface area (Å²) in [5.41, 5.74) is 7.62. The number of nitrogens with two attached hydrogens (primary N) is 1. The minimum atomic E-state index is 0.488. The van der Waals surface area contributed by atoms with Gasteiger partial charge in [0.25, 0.3) is 0 Å². The molecule has 0 spiro atoms. The lowest BCUT2D eigenvalue weighted by Gasteiger charge is -2.22. The number of likely N-dealkylation sites (tertiary alicyclic amines) is 1. The highest BCUT2D eigenvalue weighted by atomic mass is 15.2. The van der Waals surface area contributed by atoms with Crippen molar-refractivity contribution >= 4 is 11.4 Å². The van der Waals surface area contributed by atoms with Crippen LogP contribution >= 0.6 is 0 Å². The Hall–Kier alpha value is -1.22. The van der Waals surface area contributed by atoms with Crippen molar-refractivity contribution in [1.29, 1.82) is 0 Å². The highest BCUT2D eigenvalue weighted by Gasteiger charge is 2.14. The van der Waals surface area contributed by atoms with Gasteiger partial charge < -0.3 is 16.0 Å². The molecular formula is C13H21N3. The fourth-order valence-corrected chi connectivity index (χ4v) is 2.26. The first-order chi connectivity index (χ1) is 7.74. The van der Waals surface area contributed by atoms with Crippen molar-refractivity contribution in [2.24, 2.45) is 0 Å². The zero-order valence-corrected chi connectivity index (χ0v) is 9.95. The molecule has 0 bridgehead atoms. The Labute approximate surface area is 97.6 Å². The van der Waals surface area contributed by atoms with Gasteiger partial charge in [0.15, 0.2) is 0 Å². The maximum atomic E-state index is 5.65. The van der Waals surface area contributed by atoms with Gasteiger partial charge in [-0.1, -0.05) is 0 Å². The minimum absolute atomic E-state index is 0.488. The molecule has 2 rings (SSSR count). The topological polar surface area (TPSA) is 41.3 Å². The van der Waals surface area contributed by atoms with Crippen molar-refractivity contribution in [2.45, 2.75) is 25.8 Å². The minimum Gasteiger partial charge on any atom is -0.399 e. The zero-order chi connectivity index (χ0) is 11.4. The van der Waals surface area contributed by atoms with Crippen LogP contribution in [0.1, 0.15) is 19.8 Å². The molecule has 1 fully saturated rings. The second kappa shape index (κ2) is 5.21. The van der Waals surface area contributed by atoms with E-state index in [1.54, 1.807) is 0 Å². The average Bonchev–Trinajstić information content (AvgIpc) is 2.74. The molecule has 0 radical (unpaired) electrons. The van der Waals surface area contributed by atoms with Gasteiger partial charge >= 0.3 is 0 Å². The molecule has 1 aromatic carbocycles. The number of hydrogen-bond donors (Lipinski definition) is 2. The molecule has 1 heterocycles. The van der Waals surface area contributed by atoms with Gasteiger partial charge in [-0.2, -0.15) is 0 Å². The Bertz CT molecular complexity index is 314. The Kier molecular flexibility index (Phi) is 3.67. The van der Waals surface area contributed by atoms with Gasteiger partial charge in [0.2, 0.25) is 0 Å². The average molecular weight is 219 g/mol. The summed E-state index contributed by atoms with van der Waals surface area (Å²) in [6, 6.07) is 8.43. The van der Waals surface area contributed by atoms with Gasteiger partial charge in [0.05, 0.1) is 0 Å². The molecule has 1 aliphatic rings. The van der Waals surface area contributed by atoms with Crippen molar-refractivity contribution in [3.63, 3.8) is 0 Å². The van der Waals surface area contributed by atoms with E-state index in [-0.39, 0.29) is 0 Å². The monoisotopic (exact) mass is 219 g/mol. The number of nitrogen functional groups attached to an aromatic ring is 1. The van der Waals surface area contributed by atoms with Crippen molar-refractivity contribution in [1.82, 2.24) is 4.90 Å². The molecule has 0 saturated carbocycles. The number of hydrogen-bond acceptors (Lipinski definition) is 3. The second-order valence-corrected chi connectivity index (χ2v) is 4.68. The van der Waals surface area contributed by atoms with E-state index in [1.807, 2.05) is 24.3 Å². The molecule has 1 aromatic rings. The van der Waals surface area contributed by atoms with E-state index in [9.17, 15) is 0 Å². The maximum Gasteiger partial charge on any atom is 0.0360 e. The van der Waals surface area contributed by atoms with Gasteiger partial charge in [0.1, 0.15) is 0 Å². The molecule has 1 atom stereocenters. The lowest BCUT2D eigenvalue weighted by Crippen LogP contribution is -2.32. The summed E-state index contributed by atoms with van der Waals surface area (Å²) in [5.74, 6) is 0. The molecule has 1 saturated heterocycles. The van der Waals surface area contributed by atoms with Gasteiger partial charge in [-0.15, -0.1) is 0 Å². The summed E-state index contributed by atoms with van der Waals surface area (Å²) < 4.78 is 0. The van der Waals surface area contributed by atoms with E-state index in [2.05, 4.69) is 17.1 Å². The third-order valence-electron chi connectivity index (χ3n) is 3.05. The van der Waals surface area contributed by atoms with Gasteiger partial charge in [-0.05, 0) is 57.1 Å². The quantitative estimate of drug-likeness (QED) is 0.763. The number of anilines is 2. The van der Waals surface area contributed by atoms with Crippen LogP contribution in [0, 0.1) is 0 Å². The van der Waals surface area contributed by atoms with E-state index in [0.29, 0.717) is 6.04 Å². The van der Waals surface area contributed by atoms with Crippen LogP contribution in [0.4, 0.5) is 11.4 Å². The Morgan fingerprint density at radius 2 is 1.88 bits per heavy atom. The van der Waals surface area contributed by atoms with Crippen LogP contribution in [0.15, 0.2) is 24.3 Å². The molecule has 3 N–H and O–H groups in total. The highest BCUT2D eigenvalue weighted by molar-refractivity contribution is 5.51. The van der Waals surface area contributed by atoms with Crippen molar-refractivity contribution in [2.75, 3.05) is 30.7 Å². The fourth-order valence-electron chi connectivity index (χ4n) is 2.26. The van der Waals surface area contributed by atoms with Crippen molar-refractivity contribution < 1.29 is 0 Å². The molecule has 1 unspecified atom stereocenters. The normalized spacial score (nSPS) is 18.6. The number of rotatable bonds is 4. The molecule has 3 heteroatoms. The molecule has 88 valence electrons.